The Kier molecular flexibility index (Phi) is 7.91. The van der Waals surface area contributed by atoms with Crippen LogP contribution in [-0.2, 0) is 24.3 Å². The van der Waals surface area contributed by atoms with Gasteiger partial charge in [0.2, 0.25) is 10.0 Å². The van der Waals surface area contributed by atoms with Crippen LogP contribution in [0.2, 0.25) is 0 Å². The van der Waals surface area contributed by atoms with Crippen molar-refractivity contribution in [2.75, 3.05) is 12.0 Å². The summed E-state index contributed by atoms with van der Waals surface area (Å²) < 4.78 is 32.7. The Balaban J connectivity index is 3.05. The summed E-state index contributed by atoms with van der Waals surface area (Å²) in [5.74, 6) is -1.08. The maximum atomic E-state index is 12.7. The molecule has 1 aromatic rings. The third-order valence-electron chi connectivity index (χ3n) is 3.52. The lowest BCUT2D eigenvalue weighted by Crippen LogP contribution is -2.44. The van der Waals surface area contributed by atoms with Crippen LogP contribution in [0.15, 0.2) is 23.1 Å². The molecule has 0 bridgehead atoms. The number of benzene rings is 1. The number of hydrogen-bond donors (Lipinski definition) is 2. The number of aryl methyl sites for hydroxylation is 2. The smallest absolute Gasteiger partial charge is 0.324 e. The second-order valence-electron chi connectivity index (χ2n) is 5.71. The number of carbonyl (C=O) groups excluding carboxylic acids is 2. The van der Waals surface area contributed by atoms with E-state index in [1.807, 2.05) is 12.3 Å². The van der Waals surface area contributed by atoms with Crippen molar-refractivity contribution in [1.29, 1.82) is 0 Å². The number of nitrogens with one attached hydrogen (secondary N) is 1. The van der Waals surface area contributed by atoms with Gasteiger partial charge >= 0.3 is 5.97 Å². The third kappa shape index (κ3) is 6.33. The Morgan fingerprint density at radius 2 is 1.96 bits per heavy atom. The molecule has 0 aliphatic heterocycles. The van der Waals surface area contributed by atoms with Gasteiger partial charge in [0.05, 0.1) is 4.90 Å². The highest BCUT2D eigenvalue weighted by Gasteiger charge is 2.29. The van der Waals surface area contributed by atoms with E-state index < -0.39 is 34.0 Å². The number of nitrogens with two attached hydrogens (primary N) is 1. The Hall–Kier alpha value is -1.58. The first-order valence-electron chi connectivity index (χ1n) is 7.66. The van der Waals surface area contributed by atoms with Crippen molar-refractivity contribution in [2.24, 2.45) is 5.73 Å². The first kappa shape index (κ1) is 21.5. The molecule has 0 spiro atoms. The molecule has 0 aliphatic rings. The second-order valence-corrected chi connectivity index (χ2v) is 8.37. The summed E-state index contributed by atoms with van der Waals surface area (Å²) in [6, 6.07) is 3.95. The molecule has 2 atom stereocenters. The Morgan fingerprint density at radius 1 is 1.32 bits per heavy atom. The van der Waals surface area contributed by atoms with Gasteiger partial charge in [0.1, 0.15) is 6.04 Å². The van der Waals surface area contributed by atoms with Gasteiger partial charge < -0.3 is 10.5 Å². The van der Waals surface area contributed by atoms with Crippen LogP contribution in [0.3, 0.4) is 0 Å². The van der Waals surface area contributed by atoms with Crippen molar-refractivity contribution < 1.29 is 22.7 Å². The van der Waals surface area contributed by atoms with Crippen LogP contribution in [0.5, 0.6) is 0 Å². The van der Waals surface area contributed by atoms with Gasteiger partial charge in [0, 0.05) is 0 Å². The monoisotopic (exact) mass is 388 g/mol. The molecular formula is C16H24N2O5S2. The zero-order valence-electron chi connectivity index (χ0n) is 14.7. The quantitative estimate of drug-likeness (QED) is 0.613. The van der Waals surface area contributed by atoms with Crippen LogP contribution in [-0.4, -0.2) is 44.4 Å². The summed E-state index contributed by atoms with van der Waals surface area (Å²) in [5, 5.41) is 0. The largest absolute Gasteiger partial charge is 0.451 e. The van der Waals surface area contributed by atoms with E-state index in [0.717, 1.165) is 5.56 Å². The lowest BCUT2D eigenvalue weighted by atomic mass is 10.2. The topological polar surface area (TPSA) is 116 Å². The van der Waals surface area contributed by atoms with E-state index in [0.29, 0.717) is 11.3 Å². The van der Waals surface area contributed by atoms with Crippen molar-refractivity contribution in [3.8, 4) is 0 Å². The highest BCUT2D eigenvalue weighted by atomic mass is 32.2. The SMILES string of the molecule is CSCC[C@H](NS(=O)(=O)c1cc(C)ccc1C)C(=O)O[C@H](C)C(N)=O. The zero-order chi connectivity index (χ0) is 19.2. The van der Waals surface area contributed by atoms with Gasteiger partial charge in [0.15, 0.2) is 6.10 Å². The second kappa shape index (κ2) is 9.21. The molecule has 140 valence electrons. The molecule has 0 radical (unpaired) electrons. The minimum Gasteiger partial charge on any atom is -0.451 e. The molecule has 0 saturated carbocycles. The molecule has 0 fully saturated rings. The molecule has 0 heterocycles. The van der Waals surface area contributed by atoms with Gasteiger partial charge in [-0.25, -0.2) is 8.42 Å². The van der Waals surface area contributed by atoms with Crippen molar-refractivity contribution in [1.82, 2.24) is 4.72 Å². The van der Waals surface area contributed by atoms with E-state index in [2.05, 4.69) is 4.72 Å². The van der Waals surface area contributed by atoms with Crippen LogP contribution in [0.25, 0.3) is 0 Å². The zero-order valence-corrected chi connectivity index (χ0v) is 16.4. The molecule has 0 saturated heterocycles. The molecule has 25 heavy (non-hydrogen) atoms. The summed E-state index contributed by atoms with van der Waals surface area (Å²) in [7, 11) is -3.92. The average molecular weight is 389 g/mol. The molecular weight excluding hydrogens is 364 g/mol. The molecule has 3 N–H and O–H groups in total. The molecule has 0 aromatic heterocycles. The van der Waals surface area contributed by atoms with Gasteiger partial charge in [0.25, 0.3) is 5.91 Å². The molecule has 0 unspecified atom stereocenters. The third-order valence-corrected chi connectivity index (χ3v) is 5.78. The number of ether oxygens (including phenoxy) is 1. The Morgan fingerprint density at radius 3 is 2.52 bits per heavy atom. The molecule has 7 nitrogen and oxygen atoms in total. The van der Waals surface area contributed by atoms with Crippen LogP contribution >= 0.6 is 11.8 Å². The minimum atomic E-state index is -3.92. The number of rotatable bonds is 9. The molecule has 1 aromatic carbocycles. The molecule has 1 rings (SSSR count). The van der Waals surface area contributed by atoms with E-state index in [-0.39, 0.29) is 11.3 Å². The first-order chi connectivity index (χ1) is 11.6. The van der Waals surface area contributed by atoms with Crippen LogP contribution in [0, 0.1) is 13.8 Å². The fourth-order valence-corrected chi connectivity index (χ4v) is 4.04. The van der Waals surface area contributed by atoms with Crippen molar-refractivity contribution in [3.63, 3.8) is 0 Å². The van der Waals surface area contributed by atoms with E-state index in [9.17, 15) is 18.0 Å². The van der Waals surface area contributed by atoms with Crippen LogP contribution in [0.4, 0.5) is 0 Å². The fourth-order valence-electron chi connectivity index (χ4n) is 2.02. The van der Waals surface area contributed by atoms with E-state index in [1.165, 1.54) is 18.7 Å². The van der Waals surface area contributed by atoms with Crippen molar-refractivity contribution in [3.05, 3.63) is 29.3 Å². The van der Waals surface area contributed by atoms with Crippen LogP contribution in [0.1, 0.15) is 24.5 Å². The lowest BCUT2D eigenvalue weighted by Gasteiger charge is -2.20. The fraction of sp³-hybridized carbons (Fsp3) is 0.500. The summed E-state index contributed by atoms with van der Waals surface area (Å²) in [4.78, 5) is 23.4. The summed E-state index contributed by atoms with van der Waals surface area (Å²) >= 11 is 1.47. The van der Waals surface area contributed by atoms with Gasteiger partial charge in [-0.2, -0.15) is 16.5 Å². The minimum absolute atomic E-state index is 0.109. The maximum Gasteiger partial charge on any atom is 0.324 e. The first-order valence-corrected chi connectivity index (χ1v) is 10.5. The number of esters is 1. The summed E-state index contributed by atoms with van der Waals surface area (Å²) in [6.45, 7) is 4.80. The Labute approximate surface area is 152 Å². The molecule has 1 amide bonds. The maximum absolute atomic E-state index is 12.7. The predicted octanol–water partition coefficient (Wildman–Crippen LogP) is 1.12. The normalized spacial score (nSPS) is 13.9. The number of hydrogen-bond acceptors (Lipinski definition) is 6. The van der Waals surface area contributed by atoms with E-state index in [4.69, 9.17) is 10.5 Å². The summed E-state index contributed by atoms with van der Waals surface area (Å²) in [6.07, 6.45) is 0.943. The molecule has 9 heteroatoms. The highest BCUT2D eigenvalue weighted by molar-refractivity contribution is 7.98. The number of primary amides is 1. The van der Waals surface area contributed by atoms with Crippen molar-refractivity contribution in [2.45, 2.75) is 44.2 Å². The van der Waals surface area contributed by atoms with Gasteiger partial charge in [-0.3, -0.25) is 9.59 Å². The number of thioether (sulfide) groups is 1. The number of sulfonamides is 1. The van der Waals surface area contributed by atoms with Gasteiger partial charge in [-0.05, 0) is 56.4 Å². The van der Waals surface area contributed by atoms with Crippen LogP contribution < -0.4 is 10.5 Å². The number of carbonyl (C=O) groups is 2. The lowest BCUT2D eigenvalue weighted by molar-refractivity contribution is -0.155. The summed E-state index contributed by atoms with van der Waals surface area (Å²) in [5.41, 5.74) is 6.44. The Bertz CT molecular complexity index is 734. The van der Waals surface area contributed by atoms with E-state index >= 15 is 0 Å². The average Bonchev–Trinajstić information content (AvgIpc) is 2.53. The van der Waals surface area contributed by atoms with E-state index in [1.54, 1.807) is 26.0 Å². The predicted molar refractivity (Wildman–Crippen MR) is 97.8 cm³/mol. The standard InChI is InChI=1S/C16H24N2O5S2/c1-10-5-6-11(2)14(9-10)25(21,22)18-13(7-8-24-4)16(20)23-12(3)15(17)19/h5-6,9,12-13,18H,7-8H2,1-4H3,(H2,17,19)/t12-,13+/m1/s1. The van der Waals surface area contributed by atoms with Crippen molar-refractivity contribution >= 4 is 33.7 Å². The van der Waals surface area contributed by atoms with Gasteiger partial charge in [-0.15, -0.1) is 0 Å². The molecule has 0 aliphatic carbocycles. The number of amides is 1. The van der Waals surface area contributed by atoms with Gasteiger partial charge in [-0.1, -0.05) is 12.1 Å². The highest BCUT2D eigenvalue weighted by Crippen LogP contribution is 2.18.